The van der Waals surface area contributed by atoms with Gasteiger partial charge in [0.2, 0.25) is 11.8 Å². The number of rotatable bonds is 3. The number of benzene rings is 2. The monoisotopic (exact) mass is 387 g/mol. The second-order valence-electron chi connectivity index (χ2n) is 6.28. The third-order valence-corrected chi connectivity index (χ3v) is 4.28. The maximum absolute atomic E-state index is 11.7. The van der Waals surface area contributed by atoms with Crippen molar-refractivity contribution in [3.8, 4) is 11.5 Å². The molecule has 2 aromatic carbocycles. The van der Waals surface area contributed by atoms with Crippen LogP contribution in [0.25, 0.3) is 22.6 Å². The van der Waals surface area contributed by atoms with Gasteiger partial charge >= 0.3 is 0 Å². The first-order valence-corrected chi connectivity index (χ1v) is 8.91. The Kier molecular flexibility index (Phi) is 5.25. The van der Waals surface area contributed by atoms with Crippen molar-refractivity contribution in [3.63, 3.8) is 0 Å². The van der Waals surface area contributed by atoms with Crippen LogP contribution in [0.3, 0.4) is 0 Å². The van der Waals surface area contributed by atoms with Gasteiger partial charge < -0.3 is 15.1 Å². The molecule has 3 aromatic rings. The summed E-state index contributed by atoms with van der Waals surface area (Å²) in [5.41, 5.74) is 3.82. The fraction of sp³-hybridized carbons (Fsp3) is 0.211. The lowest BCUT2D eigenvalue weighted by Crippen LogP contribution is -2.36. The fourth-order valence-electron chi connectivity index (χ4n) is 2.33. The standard InChI is InChI=1S/C19H18ClN3O2S/c1-10(2)17(24)23-19(26)21-12-5-7-16-15(9-12)22-18(25-16)13-6-4-11(3)8-14(13)20/h4-10H,1-3H3,(H2,21,23,24,26). The van der Waals surface area contributed by atoms with Gasteiger partial charge in [-0.1, -0.05) is 31.5 Å². The summed E-state index contributed by atoms with van der Waals surface area (Å²) < 4.78 is 5.80. The first-order valence-electron chi connectivity index (χ1n) is 8.12. The molecule has 0 bridgehead atoms. The molecule has 0 saturated carbocycles. The molecule has 0 aliphatic rings. The maximum atomic E-state index is 11.7. The van der Waals surface area contributed by atoms with Crippen molar-refractivity contribution in [3.05, 3.63) is 47.0 Å². The third kappa shape index (κ3) is 4.03. The minimum atomic E-state index is -0.144. The van der Waals surface area contributed by atoms with E-state index >= 15 is 0 Å². The average molecular weight is 388 g/mol. The molecule has 0 unspecified atom stereocenters. The number of aryl methyl sites for hydroxylation is 1. The molecule has 1 amide bonds. The molecule has 0 radical (unpaired) electrons. The van der Waals surface area contributed by atoms with Crippen LogP contribution >= 0.6 is 23.8 Å². The van der Waals surface area contributed by atoms with Gasteiger partial charge in [0.05, 0.1) is 10.6 Å². The number of hydrogen-bond donors (Lipinski definition) is 2. The molecule has 7 heteroatoms. The van der Waals surface area contributed by atoms with E-state index in [2.05, 4.69) is 15.6 Å². The maximum Gasteiger partial charge on any atom is 0.228 e. The lowest BCUT2D eigenvalue weighted by molar-refractivity contribution is -0.122. The van der Waals surface area contributed by atoms with Gasteiger partial charge in [0.25, 0.3) is 0 Å². The number of thiocarbonyl (C=S) groups is 1. The van der Waals surface area contributed by atoms with E-state index in [4.69, 9.17) is 28.2 Å². The molecule has 1 aromatic heterocycles. The first-order chi connectivity index (χ1) is 12.3. The Morgan fingerprint density at radius 3 is 2.69 bits per heavy atom. The Balaban J connectivity index is 1.83. The smallest absolute Gasteiger partial charge is 0.228 e. The molecule has 0 atom stereocenters. The second-order valence-corrected chi connectivity index (χ2v) is 7.10. The predicted molar refractivity (Wildman–Crippen MR) is 108 cm³/mol. The molecule has 0 saturated heterocycles. The molecule has 5 nitrogen and oxygen atoms in total. The molecule has 0 aliphatic carbocycles. The van der Waals surface area contributed by atoms with Gasteiger partial charge in [-0.15, -0.1) is 0 Å². The van der Waals surface area contributed by atoms with Crippen molar-refractivity contribution in [2.45, 2.75) is 20.8 Å². The van der Waals surface area contributed by atoms with Crippen LogP contribution in [0, 0.1) is 12.8 Å². The van der Waals surface area contributed by atoms with Gasteiger partial charge in [-0.3, -0.25) is 4.79 Å². The van der Waals surface area contributed by atoms with Gasteiger partial charge in [0, 0.05) is 11.6 Å². The molecule has 0 fully saturated rings. The second kappa shape index (κ2) is 7.43. The number of halogens is 1. The Morgan fingerprint density at radius 2 is 2.00 bits per heavy atom. The van der Waals surface area contributed by atoms with Crippen molar-refractivity contribution in [2.75, 3.05) is 5.32 Å². The molecular formula is C19H18ClN3O2S. The summed E-state index contributed by atoms with van der Waals surface area (Å²) in [4.78, 5) is 16.2. The SMILES string of the molecule is Cc1ccc(-c2nc3cc(NC(=S)NC(=O)C(C)C)ccc3o2)c(Cl)c1. The van der Waals surface area contributed by atoms with E-state index in [1.54, 1.807) is 26.0 Å². The van der Waals surface area contributed by atoms with Crippen LogP contribution in [0.1, 0.15) is 19.4 Å². The summed E-state index contributed by atoms with van der Waals surface area (Å²) in [6, 6.07) is 11.1. The zero-order chi connectivity index (χ0) is 18.8. The van der Waals surface area contributed by atoms with Gasteiger partial charge in [0.15, 0.2) is 10.7 Å². The quantitative estimate of drug-likeness (QED) is 0.624. The lowest BCUT2D eigenvalue weighted by atomic mass is 10.1. The highest BCUT2D eigenvalue weighted by molar-refractivity contribution is 7.80. The number of hydrogen-bond acceptors (Lipinski definition) is 4. The van der Waals surface area contributed by atoms with Crippen molar-refractivity contribution in [1.29, 1.82) is 0 Å². The van der Waals surface area contributed by atoms with Crippen LogP contribution in [0.15, 0.2) is 40.8 Å². The number of amides is 1. The molecule has 26 heavy (non-hydrogen) atoms. The molecule has 2 N–H and O–H groups in total. The summed E-state index contributed by atoms with van der Waals surface area (Å²) in [5, 5.41) is 6.45. The Labute approximate surface area is 161 Å². The highest BCUT2D eigenvalue weighted by Gasteiger charge is 2.13. The van der Waals surface area contributed by atoms with Gasteiger partial charge in [-0.05, 0) is 55.0 Å². The number of anilines is 1. The number of nitrogens with zero attached hydrogens (tertiary/aromatic N) is 1. The van der Waals surface area contributed by atoms with E-state index in [0.29, 0.717) is 27.7 Å². The minimum absolute atomic E-state index is 0.138. The van der Waals surface area contributed by atoms with Crippen molar-refractivity contribution < 1.29 is 9.21 Å². The molecule has 1 heterocycles. The van der Waals surface area contributed by atoms with E-state index in [1.807, 2.05) is 31.2 Å². The summed E-state index contributed by atoms with van der Waals surface area (Å²) in [7, 11) is 0. The van der Waals surface area contributed by atoms with E-state index in [1.165, 1.54) is 0 Å². The molecule has 3 rings (SSSR count). The Morgan fingerprint density at radius 1 is 1.23 bits per heavy atom. The highest BCUT2D eigenvalue weighted by atomic mass is 35.5. The number of nitrogens with one attached hydrogen (secondary N) is 2. The van der Waals surface area contributed by atoms with E-state index in [9.17, 15) is 4.79 Å². The molecule has 134 valence electrons. The number of aromatic nitrogens is 1. The summed E-state index contributed by atoms with van der Waals surface area (Å²) >= 11 is 11.5. The number of oxazole rings is 1. The number of carbonyl (C=O) groups is 1. The average Bonchev–Trinajstić information content (AvgIpc) is 2.97. The predicted octanol–water partition coefficient (Wildman–Crippen LogP) is 4.93. The largest absolute Gasteiger partial charge is 0.436 e. The van der Waals surface area contributed by atoms with Gasteiger partial charge in [0.1, 0.15) is 5.52 Å². The van der Waals surface area contributed by atoms with Crippen molar-refractivity contribution >= 4 is 51.6 Å². The van der Waals surface area contributed by atoms with E-state index in [-0.39, 0.29) is 16.9 Å². The normalized spacial score (nSPS) is 11.0. The van der Waals surface area contributed by atoms with Crippen LogP contribution in [0.5, 0.6) is 0 Å². The van der Waals surface area contributed by atoms with Crippen LogP contribution in [-0.2, 0) is 4.79 Å². The lowest BCUT2D eigenvalue weighted by Gasteiger charge is -2.10. The van der Waals surface area contributed by atoms with Crippen molar-refractivity contribution in [1.82, 2.24) is 10.3 Å². The Bertz CT molecular complexity index is 998. The van der Waals surface area contributed by atoms with E-state index < -0.39 is 0 Å². The number of fused-ring (bicyclic) bond motifs is 1. The zero-order valence-electron chi connectivity index (χ0n) is 14.6. The van der Waals surface area contributed by atoms with E-state index in [0.717, 1.165) is 11.1 Å². The van der Waals surface area contributed by atoms with Crippen LogP contribution in [0.2, 0.25) is 5.02 Å². The third-order valence-electron chi connectivity index (χ3n) is 3.76. The van der Waals surface area contributed by atoms with Crippen LogP contribution < -0.4 is 10.6 Å². The topological polar surface area (TPSA) is 67.2 Å². The minimum Gasteiger partial charge on any atom is -0.436 e. The van der Waals surface area contributed by atoms with Gasteiger partial charge in [-0.25, -0.2) is 4.98 Å². The van der Waals surface area contributed by atoms with Gasteiger partial charge in [-0.2, -0.15) is 0 Å². The summed E-state index contributed by atoms with van der Waals surface area (Å²) in [6.07, 6.45) is 0. The highest BCUT2D eigenvalue weighted by Crippen LogP contribution is 2.31. The Hall–Kier alpha value is -2.44. The van der Waals surface area contributed by atoms with Crippen molar-refractivity contribution in [2.24, 2.45) is 5.92 Å². The fourth-order valence-corrected chi connectivity index (χ4v) is 2.87. The zero-order valence-corrected chi connectivity index (χ0v) is 16.2. The molecule has 0 aliphatic heterocycles. The van der Waals surface area contributed by atoms with Crippen LogP contribution in [0.4, 0.5) is 5.69 Å². The molecule has 0 spiro atoms. The summed E-state index contributed by atoms with van der Waals surface area (Å²) in [6.45, 7) is 5.58. The number of carbonyl (C=O) groups excluding carboxylic acids is 1. The van der Waals surface area contributed by atoms with Crippen LogP contribution in [-0.4, -0.2) is 16.0 Å². The first kappa shape index (κ1) is 18.4. The summed E-state index contributed by atoms with van der Waals surface area (Å²) in [5.74, 6) is 0.175. The molecular weight excluding hydrogens is 370 g/mol.